The molecule has 1 N–H and O–H groups in total. The number of carbonyl (C=O) groups excluding carboxylic acids is 1. The molecule has 0 atom stereocenters. The highest BCUT2D eigenvalue weighted by molar-refractivity contribution is 9.10. The van der Waals surface area contributed by atoms with Gasteiger partial charge in [-0.1, -0.05) is 23.2 Å². The van der Waals surface area contributed by atoms with Gasteiger partial charge < -0.3 is 5.32 Å². The molecule has 0 unspecified atom stereocenters. The number of nitrogens with zero attached hydrogens (tertiary/aromatic N) is 2. The topological polar surface area (TPSA) is 54.9 Å². The molecule has 4 nitrogen and oxygen atoms in total. The second-order valence-electron chi connectivity index (χ2n) is 3.41. The van der Waals surface area contributed by atoms with E-state index >= 15 is 0 Å². The molecular formula is C11H5BrCl2FN3O. The van der Waals surface area contributed by atoms with E-state index < -0.39 is 11.7 Å². The van der Waals surface area contributed by atoms with E-state index in [1.165, 1.54) is 24.5 Å². The van der Waals surface area contributed by atoms with Gasteiger partial charge in [0.05, 0.1) is 4.47 Å². The van der Waals surface area contributed by atoms with Gasteiger partial charge in [0.1, 0.15) is 17.2 Å². The Morgan fingerprint density at radius 1 is 1.32 bits per heavy atom. The van der Waals surface area contributed by atoms with Crippen LogP contribution in [0.1, 0.15) is 10.4 Å². The SMILES string of the molecule is O=C(Nc1ncnc(Cl)c1Cl)c1ccc(F)c(Br)c1. The Bertz CT molecular complexity index is 654. The first-order valence-corrected chi connectivity index (χ1v) is 6.46. The number of aromatic nitrogens is 2. The van der Waals surface area contributed by atoms with Crippen LogP contribution >= 0.6 is 39.1 Å². The van der Waals surface area contributed by atoms with Crippen molar-refractivity contribution in [3.8, 4) is 0 Å². The zero-order chi connectivity index (χ0) is 14.0. The molecule has 0 radical (unpaired) electrons. The van der Waals surface area contributed by atoms with Crippen LogP contribution in [0.25, 0.3) is 0 Å². The number of amides is 1. The molecule has 0 aliphatic rings. The van der Waals surface area contributed by atoms with Crippen LogP contribution < -0.4 is 5.32 Å². The average Bonchev–Trinajstić information content (AvgIpc) is 2.38. The van der Waals surface area contributed by atoms with Gasteiger partial charge in [0, 0.05) is 5.56 Å². The molecule has 8 heteroatoms. The predicted molar refractivity (Wildman–Crippen MR) is 74.1 cm³/mol. The first-order valence-electron chi connectivity index (χ1n) is 4.91. The monoisotopic (exact) mass is 363 g/mol. The lowest BCUT2D eigenvalue weighted by Gasteiger charge is -2.07. The molecule has 98 valence electrons. The van der Waals surface area contributed by atoms with Crippen LogP contribution in [-0.4, -0.2) is 15.9 Å². The maximum atomic E-state index is 13.1. The van der Waals surface area contributed by atoms with Crippen molar-refractivity contribution >= 4 is 50.9 Å². The molecule has 2 rings (SSSR count). The molecule has 1 amide bonds. The highest BCUT2D eigenvalue weighted by Gasteiger charge is 2.13. The number of halogens is 4. The first kappa shape index (κ1) is 14.2. The summed E-state index contributed by atoms with van der Waals surface area (Å²) in [5.74, 6) is -0.857. The van der Waals surface area contributed by atoms with Crippen LogP contribution in [0.3, 0.4) is 0 Å². The summed E-state index contributed by atoms with van der Waals surface area (Å²) in [6, 6.07) is 3.86. The minimum atomic E-state index is -0.489. The second-order valence-corrected chi connectivity index (χ2v) is 5.00. The van der Waals surface area contributed by atoms with Crippen molar-refractivity contribution in [2.75, 3.05) is 5.32 Å². The van der Waals surface area contributed by atoms with Gasteiger partial charge in [-0.3, -0.25) is 4.79 Å². The molecule has 0 aliphatic carbocycles. The first-order chi connectivity index (χ1) is 8.99. The van der Waals surface area contributed by atoms with E-state index in [0.29, 0.717) is 0 Å². The van der Waals surface area contributed by atoms with E-state index in [9.17, 15) is 9.18 Å². The quantitative estimate of drug-likeness (QED) is 0.821. The highest BCUT2D eigenvalue weighted by atomic mass is 79.9. The second kappa shape index (κ2) is 5.81. The van der Waals surface area contributed by atoms with Crippen LogP contribution in [0.2, 0.25) is 10.2 Å². The molecule has 1 aromatic heterocycles. The lowest BCUT2D eigenvalue weighted by Crippen LogP contribution is -2.13. The Morgan fingerprint density at radius 2 is 2.05 bits per heavy atom. The van der Waals surface area contributed by atoms with Crippen LogP contribution in [0, 0.1) is 5.82 Å². The van der Waals surface area contributed by atoms with Crippen molar-refractivity contribution in [3.63, 3.8) is 0 Å². The summed E-state index contributed by atoms with van der Waals surface area (Å²) >= 11 is 14.5. The summed E-state index contributed by atoms with van der Waals surface area (Å²) in [5.41, 5.74) is 0.249. The van der Waals surface area contributed by atoms with Crippen molar-refractivity contribution in [1.29, 1.82) is 0 Å². The molecule has 0 bridgehead atoms. The molecule has 0 aliphatic heterocycles. The molecule has 0 fully saturated rings. The van der Waals surface area contributed by atoms with Gasteiger partial charge >= 0.3 is 0 Å². The number of carbonyl (C=O) groups is 1. The molecular weight excluding hydrogens is 360 g/mol. The normalized spacial score (nSPS) is 10.3. The third kappa shape index (κ3) is 3.20. The van der Waals surface area contributed by atoms with E-state index in [1.807, 2.05) is 0 Å². The van der Waals surface area contributed by atoms with Crippen molar-refractivity contribution in [2.45, 2.75) is 0 Å². The number of rotatable bonds is 2. The summed E-state index contributed by atoms with van der Waals surface area (Å²) in [4.78, 5) is 19.4. The standard InChI is InChI=1S/C11H5BrCl2FN3O/c12-6-3-5(1-2-7(6)15)11(19)18-10-8(13)9(14)16-4-17-10/h1-4H,(H,16,17,18,19). The summed E-state index contributed by atoms with van der Waals surface area (Å²) in [6.45, 7) is 0. The number of nitrogens with one attached hydrogen (secondary N) is 1. The molecule has 2 aromatic rings. The smallest absolute Gasteiger partial charge is 0.256 e. The summed E-state index contributed by atoms with van der Waals surface area (Å²) in [7, 11) is 0. The summed E-state index contributed by atoms with van der Waals surface area (Å²) in [6.07, 6.45) is 1.17. The molecule has 0 spiro atoms. The van der Waals surface area contributed by atoms with Crippen molar-refractivity contribution in [2.24, 2.45) is 0 Å². The summed E-state index contributed by atoms with van der Waals surface area (Å²) < 4.78 is 13.3. The Kier molecular flexibility index (Phi) is 4.34. The van der Waals surface area contributed by atoms with Crippen molar-refractivity contribution in [3.05, 3.63) is 50.6 Å². The largest absolute Gasteiger partial charge is 0.305 e. The lowest BCUT2D eigenvalue weighted by molar-refractivity contribution is 0.102. The third-order valence-corrected chi connectivity index (χ3v) is 3.51. The van der Waals surface area contributed by atoms with Crippen LogP contribution in [-0.2, 0) is 0 Å². The van der Waals surface area contributed by atoms with Gasteiger partial charge in [0.2, 0.25) is 0 Å². The molecule has 19 heavy (non-hydrogen) atoms. The van der Waals surface area contributed by atoms with Gasteiger partial charge in [0.15, 0.2) is 11.0 Å². The molecule has 0 saturated carbocycles. The maximum absolute atomic E-state index is 13.1. The fraction of sp³-hybridized carbons (Fsp3) is 0. The van der Waals surface area contributed by atoms with Gasteiger partial charge in [-0.2, -0.15) is 0 Å². The minimum absolute atomic E-state index is 0.0345. The maximum Gasteiger partial charge on any atom is 0.256 e. The van der Waals surface area contributed by atoms with Crippen molar-refractivity contribution < 1.29 is 9.18 Å². The highest BCUT2D eigenvalue weighted by Crippen LogP contribution is 2.26. The fourth-order valence-corrected chi connectivity index (χ4v) is 1.91. The van der Waals surface area contributed by atoms with E-state index in [4.69, 9.17) is 23.2 Å². The van der Waals surface area contributed by atoms with Gasteiger partial charge in [-0.25, -0.2) is 14.4 Å². The Labute approximate surface area is 126 Å². The van der Waals surface area contributed by atoms with Crippen LogP contribution in [0.5, 0.6) is 0 Å². The number of hydrogen-bond donors (Lipinski definition) is 1. The minimum Gasteiger partial charge on any atom is -0.305 e. The van der Waals surface area contributed by atoms with E-state index in [0.717, 1.165) is 0 Å². The van der Waals surface area contributed by atoms with E-state index in [2.05, 4.69) is 31.2 Å². The fourth-order valence-electron chi connectivity index (χ4n) is 1.25. The number of anilines is 1. The molecule has 1 heterocycles. The van der Waals surface area contributed by atoms with Gasteiger partial charge in [-0.05, 0) is 34.1 Å². The predicted octanol–water partition coefficient (Wildman–Crippen LogP) is 3.94. The van der Waals surface area contributed by atoms with Gasteiger partial charge in [0.25, 0.3) is 5.91 Å². The van der Waals surface area contributed by atoms with Crippen LogP contribution in [0.4, 0.5) is 10.2 Å². The Balaban J connectivity index is 2.26. The van der Waals surface area contributed by atoms with Gasteiger partial charge in [-0.15, -0.1) is 0 Å². The Hall–Kier alpha value is -1.24. The molecule has 0 saturated heterocycles. The lowest BCUT2D eigenvalue weighted by atomic mass is 10.2. The van der Waals surface area contributed by atoms with Crippen LogP contribution in [0.15, 0.2) is 29.0 Å². The Morgan fingerprint density at radius 3 is 2.74 bits per heavy atom. The zero-order valence-electron chi connectivity index (χ0n) is 9.12. The summed E-state index contributed by atoms with van der Waals surface area (Å²) in [5, 5.41) is 2.54. The van der Waals surface area contributed by atoms with E-state index in [-0.39, 0.29) is 26.0 Å². The average molecular weight is 365 g/mol. The third-order valence-electron chi connectivity index (χ3n) is 2.16. The number of benzene rings is 1. The van der Waals surface area contributed by atoms with E-state index in [1.54, 1.807) is 0 Å². The number of hydrogen-bond acceptors (Lipinski definition) is 3. The molecule has 1 aromatic carbocycles. The zero-order valence-corrected chi connectivity index (χ0v) is 12.2. The van der Waals surface area contributed by atoms with Crippen molar-refractivity contribution in [1.82, 2.24) is 9.97 Å².